The molecule has 5 rings (SSSR count). The first-order chi connectivity index (χ1) is 12.5. The number of H-pyrrole nitrogens is 1. The van der Waals surface area contributed by atoms with E-state index in [9.17, 15) is 4.79 Å². The average Bonchev–Trinajstić information content (AvgIpc) is 2.99. The largest absolute Gasteiger partial charge is 0.366 e. The van der Waals surface area contributed by atoms with Crippen LogP contribution in [-0.2, 0) is 11.2 Å². The number of carbonyl (C=O) groups excluding carboxylic acids is 1. The van der Waals surface area contributed by atoms with Gasteiger partial charge in [-0.15, -0.1) is 0 Å². The molecular weight excluding hydrogens is 320 g/mol. The fraction of sp³-hybridized carbons (Fsp3) is 0.522. The SMILES string of the molecule is CC[C@@H]1C[C@H]2c3[nH]c4ccccc4c3CCN2C2=C1C(=O)CC(C)(C)C2. The van der Waals surface area contributed by atoms with E-state index in [1.807, 2.05) is 0 Å². The Balaban J connectivity index is 1.66. The van der Waals surface area contributed by atoms with E-state index in [0.717, 1.165) is 32.2 Å². The highest BCUT2D eigenvalue weighted by molar-refractivity contribution is 5.98. The molecule has 136 valence electrons. The van der Waals surface area contributed by atoms with Crippen LogP contribution < -0.4 is 0 Å². The van der Waals surface area contributed by atoms with Crippen molar-refractivity contribution in [2.75, 3.05) is 6.54 Å². The summed E-state index contributed by atoms with van der Waals surface area (Å²) in [5, 5.41) is 1.38. The number of nitrogens with zero attached hydrogens (tertiary/aromatic N) is 1. The van der Waals surface area contributed by atoms with Crippen LogP contribution in [0.2, 0.25) is 0 Å². The van der Waals surface area contributed by atoms with Crippen LogP contribution in [0.15, 0.2) is 35.5 Å². The number of hydrogen-bond acceptors (Lipinski definition) is 2. The van der Waals surface area contributed by atoms with Gasteiger partial charge in [0.2, 0.25) is 0 Å². The zero-order valence-electron chi connectivity index (χ0n) is 16.1. The molecule has 0 radical (unpaired) electrons. The van der Waals surface area contributed by atoms with Gasteiger partial charge in [-0.1, -0.05) is 39.0 Å². The van der Waals surface area contributed by atoms with Gasteiger partial charge in [-0.05, 0) is 48.6 Å². The molecule has 3 aliphatic rings. The molecule has 2 aromatic rings. The smallest absolute Gasteiger partial charge is 0.161 e. The van der Waals surface area contributed by atoms with E-state index in [-0.39, 0.29) is 5.41 Å². The number of fused-ring (bicyclic) bond motifs is 6. The number of ketones is 1. The first-order valence-electron chi connectivity index (χ1n) is 10.1. The van der Waals surface area contributed by atoms with Crippen LogP contribution in [0.5, 0.6) is 0 Å². The topological polar surface area (TPSA) is 36.1 Å². The van der Waals surface area contributed by atoms with Gasteiger partial charge in [0.1, 0.15) is 0 Å². The number of para-hydroxylation sites is 1. The first-order valence-corrected chi connectivity index (χ1v) is 10.1. The maximum atomic E-state index is 13.0. The average molecular weight is 348 g/mol. The lowest BCUT2D eigenvalue weighted by Gasteiger charge is -2.49. The number of allylic oxidation sites excluding steroid dienone is 2. The van der Waals surface area contributed by atoms with Crippen LogP contribution in [0.1, 0.15) is 63.8 Å². The molecule has 3 heteroatoms. The van der Waals surface area contributed by atoms with Gasteiger partial charge < -0.3 is 9.88 Å². The fourth-order valence-electron chi connectivity index (χ4n) is 5.67. The van der Waals surface area contributed by atoms with E-state index < -0.39 is 0 Å². The van der Waals surface area contributed by atoms with Crippen molar-refractivity contribution in [3.8, 4) is 0 Å². The van der Waals surface area contributed by atoms with Crippen molar-refractivity contribution in [3.63, 3.8) is 0 Å². The molecule has 1 aromatic heterocycles. The molecule has 0 saturated heterocycles. The minimum Gasteiger partial charge on any atom is -0.366 e. The molecule has 0 amide bonds. The van der Waals surface area contributed by atoms with E-state index in [1.54, 1.807) is 0 Å². The summed E-state index contributed by atoms with van der Waals surface area (Å²) in [6, 6.07) is 9.09. The second-order valence-corrected chi connectivity index (χ2v) is 9.16. The lowest BCUT2D eigenvalue weighted by Crippen LogP contribution is -2.45. The summed E-state index contributed by atoms with van der Waals surface area (Å²) in [4.78, 5) is 19.3. The summed E-state index contributed by atoms with van der Waals surface area (Å²) in [5.74, 6) is 0.816. The second kappa shape index (κ2) is 5.48. The van der Waals surface area contributed by atoms with Gasteiger partial charge in [-0.25, -0.2) is 0 Å². The Kier molecular flexibility index (Phi) is 3.41. The molecule has 26 heavy (non-hydrogen) atoms. The Bertz CT molecular complexity index is 933. The van der Waals surface area contributed by atoms with E-state index in [1.165, 1.54) is 33.4 Å². The van der Waals surface area contributed by atoms with Crippen molar-refractivity contribution in [1.82, 2.24) is 9.88 Å². The number of carbonyl (C=O) groups is 1. The predicted molar refractivity (Wildman–Crippen MR) is 105 cm³/mol. The molecule has 0 bridgehead atoms. The number of aromatic amines is 1. The molecule has 0 spiro atoms. The molecule has 0 saturated carbocycles. The number of hydrogen-bond donors (Lipinski definition) is 1. The fourth-order valence-corrected chi connectivity index (χ4v) is 5.67. The van der Waals surface area contributed by atoms with Crippen LogP contribution in [-0.4, -0.2) is 22.2 Å². The molecule has 1 aromatic carbocycles. The summed E-state index contributed by atoms with van der Waals surface area (Å²) in [5.41, 5.74) is 6.77. The third-order valence-electron chi connectivity index (χ3n) is 6.81. The Labute approximate surface area is 155 Å². The van der Waals surface area contributed by atoms with Crippen LogP contribution in [0, 0.1) is 11.3 Å². The lowest BCUT2D eigenvalue weighted by atomic mass is 9.68. The van der Waals surface area contributed by atoms with Crippen molar-refractivity contribution in [1.29, 1.82) is 0 Å². The van der Waals surface area contributed by atoms with Crippen molar-refractivity contribution < 1.29 is 4.79 Å². The van der Waals surface area contributed by atoms with Gasteiger partial charge in [0, 0.05) is 40.8 Å². The molecule has 0 unspecified atom stereocenters. The minimum atomic E-state index is 0.0802. The monoisotopic (exact) mass is 348 g/mol. The summed E-state index contributed by atoms with van der Waals surface area (Å²) in [6.07, 6.45) is 4.94. The molecule has 2 aliphatic heterocycles. The van der Waals surface area contributed by atoms with Crippen molar-refractivity contribution in [3.05, 3.63) is 46.8 Å². The minimum absolute atomic E-state index is 0.0802. The molecule has 1 N–H and O–H groups in total. The number of benzene rings is 1. The molecule has 0 fully saturated rings. The Morgan fingerprint density at radius 1 is 1.23 bits per heavy atom. The maximum Gasteiger partial charge on any atom is 0.161 e. The summed E-state index contributed by atoms with van der Waals surface area (Å²) >= 11 is 0. The summed E-state index contributed by atoms with van der Waals surface area (Å²) in [6.45, 7) is 7.78. The third-order valence-corrected chi connectivity index (χ3v) is 6.81. The van der Waals surface area contributed by atoms with Crippen molar-refractivity contribution >= 4 is 16.7 Å². The number of nitrogens with one attached hydrogen (secondary N) is 1. The normalized spacial score (nSPS) is 27.3. The molecule has 2 atom stereocenters. The molecule has 3 nitrogen and oxygen atoms in total. The highest BCUT2D eigenvalue weighted by Crippen LogP contribution is 2.51. The molecule has 1 aliphatic carbocycles. The zero-order valence-corrected chi connectivity index (χ0v) is 16.1. The van der Waals surface area contributed by atoms with Crippen LogP contribution in [0.4, 0.5) is 0 Å². The predicted octanol–water partition coefficient (Wildman–Crippen LogP) is 5.14. The van der Waals surface area contributed by atoms with Gasteiger partial charge in [-0.2, -0.15) is 0 Å². The highest BCUT2D eigenvalue weighted by atomic mass is 16.1. The molecule has 3 heterocycles. The summed E-state index contributed by atoms with van der Waals surface area (Å²) in [7, 11) is 0. The number of Topliss-reactive ketones (excluding diaryl/α,β-unsaturated/α-hetero) is 1. The third kappa shape index (κ3) is 2.22. The lowest BCUT2D eigenvalue weighted by molar-refractivity contribution is -0.119. The number of rotatable bonds is 1. The quantitative estimate of drug-likeness (QED) is 0.774. The molecular formula is C23H28N2O. The van der Waals surface area contributed by atoms with Gasteiger partial charge in [0.25, 0.3) is 0 Å². The second-order valence-electron chi connectivity index (χ2n) is 9.16. The van der Waals surface area contributed by atoms with E-state index >= 15 is 0 Å². The number of aromatic nitrogens is 1. The first kappa shape index (κ1) is 16.2. The zero-order chi connectivity index (χ0) is 18.1. The van der Waals surface area contributed by atoms with Crippen LogP contribution in [0.3, 0.4) is 0 Å². The van der Waals surface area contributed by atoms with Gasteiger partial charge in [-0.3, -0.25) is 4.79 Å². The van der Waals surface area contributed by atoms with Crippen LogP contribution >= 0.6 is 0 Å². The van der Waals surface area contributed by atoms with E-state index in [0.29, 0.717) is 24.2 Å². The van der Waals surface area contributed by atoms with Gasteiger partial charge >= 0.3 is 0 Å². The Hall–Kier alpha value is -2.03. The highest BCUT2D eigenvalue weighted by Gasteiger charge is 2.45. The van der Waals surface area contributed by atoms with Gasteiger partial charge in [0.05, 0.1) is 6.04 Å². The van der Waals surface area contributed by atoms with Crippen molar-refractivity contribution in [2.24, 2.45) is 11.3 Å². The standard InChI is InChI=1S/C23H28N2O/c1-4-14-11-18-22-16(15-7-5-6-8-17(15)24-22)9-10-25(18)19-12-23(2,3)13-20(26)21(14)19/h5-8,14,18,24H,4,9-13H2,1-3H3/t14-,18+/m1/s1. The summed E-state index contributed by atoms with van der Waals surface area (Å²) < 4.78 is 0. The van der Waals surface area contributed by atoms with E-state index in [2.05, 4.69) is 54.9 Å². The Morgan fingerprint density at radius 3 is 2.85 bits per heavy atom. The van der Waals surface area contributed by atoms with Gasteiger partial charge in [0.15, 0.2) is 5.78 Å². The Morgan fingerprint density at radius 2 is 2.04 bits per heavy atom. The van der Waals surface area contributed by atoms with Crippen molar-refractivity contribution in [2.45, 2.75) is 58.9 Å². The van der Waals surface area contributed by atoms with Crippen LogP contribution in [0.25, 0.3) is 10.9 Å². The van der Waals surface area contributed by atoms with E-state index in [4.69, 9.17) is 0 Å². The maximum absolute atomic E-state index is 13.0.